The molecular formula is C15H13FO3. The van der Waals surface area contributed by atoms with Gasteiger partial charge < -0.3 is 9.47 Å². The molecule has 0 aliphatic rings. The Morgan fingerprint density at radius 2 is 1.63 bits per heavy atom. The normalized spacial score (nSPS) is 10.1. The molecule has 0 aromatic heterocycles. The molecule has 2 aromatic rings. The van der Waals surface area contributed by atoms with Gasteiger partial charge in [-0.15, -0.1) is 0 Å². The highest BCUT2D eigenvalue weighted by Crippen LogP contribution is 2.31. The molecule has 0 aliphatic heterocycles. The summed E-state index contributed by atoms with van der Waals surface area (Å²) in [4.78, 5) is 11.0. The third-order valence-electron chi connectivity index (χ3n) is 2.80. The zero-order valence-electron chi connectivity index (χ0n) is 10.6. The molecule has 0 aliphatic carbocycles. The van der Waals surface area contributed by atoms with E-state index in [1.807, 2.05) is 0 Å². The van der Waals surface area contributed by atoms with Crippen molar-refractivity contribution in [3.63, 3.8) is 0 Å². The maximum atomic E-state index is 13.4. The van der Waals surface area contributed by atoms with Crippen molar-refractivity contribution in [1.29, 1.82) is 0 Å². The Kier molecular flexibility index (Phi) is 3.80. The first kappa shape index (κ1) is 13.1. The van der Waals surface area contributed by atoms with Crippen LogP contribution in [-0.2, 0) is 0 Å². The summed E-state index contributed by atoms with van der Waals surface area (Å²) in [6.07, 6.45) is 0.695. The Hall–Kier alpha value is -2.36. The minimum atomic E-state index is -0.401. The predicted octanol–water partition coefficient (Wildman–Crippen LogP) is 3.32. The zero-order valence-corrected chi connectivity index (χ0v) is 10.6. The average Bonchev–Trinajstić information content (AvgIpc) is 2.46. The summed E-state index contributed by atoms with van der Waals surface area (Å²) in [5, 5.41) is 0. The van der Waals surface area contributed by atoms with E-state index in [2.05, 4.69) is 0 Å². The summed E-state index contributed by atoms with van der Waals surface area (Å²) in [6, 6.07) is 9.18. The minimum Gasteiger partial charge on any atom is -0.497 e. The van der Waals surface area contributed by atoms with Gasteiger partial charge in [-0.25, -0.2) is 4.39 Å². The average molecular weight is 260 g/mol. The van der Waals surface area contributed by atoms with E-state index in [0.29, 0.717) is 34.5 Å². The topological polar surface area (TPSA) is 35.5 Å². The van der Waals surface area contributed by atoms with Crippen molar-refractivity contribution < 1.29 is 18.7 Å². The van der Waals surface area contributed by atoms with Crippen LogP contribution in [0.15, 0.2) is 36.4 Å². The van der Waals surface area contributed by atoms with E-state index in [1.54, 1.807) is 18.2 Å². The van der Waals surface area contributed by atoms with Crippen molar-refractivity contribution in [1.82, 2.24) is 0 Å². The van der Waals surface area contributed by atoms with Gasteiger partial charge in [-0.2, -0.15) is 0 Å². The summed E-state index contributed by atoms with van der Waals surface area (Å²) in [5.41, 5.74) is 1.58. The molecule has 0 spiro atoms. The first-order valence-electron chi connectivity index (χ1n) is 5.66. The van der Waals surface area contributed by atoms with Gasteiger partial charge in [0.15, 0.2) is 6.29 Å². The number of hydrogen-bond acceptors (Lipinski definition) is 3. The number of ether oxygens (including phenoxy) is 2. The highest BCUT2D eigenvalue weighted by atomic mass is 19.1. The molecule has 0 N–H and O–H groups in total. The van der Waals surface area contributed by atoms with E-state index in [0.717, 1.165) is 0 Å². The van der Waals surface area contributed by atoms with Crippen LogP contribution in [0.3, 0.4) is 0 Å². The van der Waals surface area contributed by atoms with E-state index in [1.165, 1.54) is 32.4 Å². The maximum Gasteiger partial charge on any atom is 0.150 e. The Morgan fingerprint density at radius 1 is 1.00 bits per heavy atom. The second kappa shape index (κ2) is 5.52. The molecule has 98 valence electrons. The van der Waals surface area contributed by atoms with Gasteiger partial charge in [0.2, 0.25) is 0 Å². The SMILES string of the molecule is COc1cc(OC)cc(-c2cc(F)ccc2C=O)c1. The van der Waals surface area contributed by atoms with Crippen LogP contribution in [0.1, 0.15) is 10.4 Å². The minimum absolute atomic E-state index is 0.401. The summed E-state index contributed by atoms with van der Waals surface area (Å²) in [6.45, 7) is 0. The Morgan fingerprint density at radius 3 is 2.16 bits per heavy atom. The van der Waals surface area contributed by atoms with Crippen LogP contribution in [0.2, 0.25) is 0 Å². The summed E-state index contributed by atoms with van der Waals surface area (Å²) in [5.74, 6) is 0.758. The fraction of sp³-hybridized carbons (Fsp3) is 0.133. The van der Waals surface area contributed by atoms with Gasteiger partial charge in [0.1, 0.15) is 17.3 Å². The highest BCUT2D eigenvalue weighted by Gasteiger charge is 2.09. The van der Waals surface area contributed by atoms with Crippen LogP contribution in [0.5, 0.6) is 11.5 Å². The molecule has 2 aromatic carbocycles. The lowest BCUT2D eigenvalue weighted by Crippen LogP contribution is -1.92. The third-order valence-corrected chi connectivity index (χ3v) is 2.80. The van der Waals surface area contributed by atoms with E-state index >= 15 is 0 Å². The summed E-state index contributed by atoms with van der Waals surface area (Å²) >= 11 is 0. The maximum absolute atomic E-state index is 13.4. The first-order chi connectivity index (χ1) is 9.17. The lowest BCUT2D eigenvalue weighted by molar-refractivity contribution is 0.112. The monoisotopic (exact) mass is 260 g/mol. The molecule has 0 unspecified atom stereocenters. The molecule has 2 rings (SSSR count). The largest absolute Gasteiger partial charge is 0.497 e. The van der Waals surface area contributed by atoms with Crippen LogP contribution in [-0.4, -0.2) is 20.5 Å². The molecule has 0 radical (unpaired) electrons. The van der Waals surface area contributed by atoms with Crippen molar-refractivity contribution in [3.8, 4) is 22.6 Å². The Bertz CT molecular complexity index is 586. The predicted molar refractivity (Wildman–Crippen MR) is 70.3 cm³/mol. The number of carbonyl (C=O) groups is 1. The zero-order chi connectivity index (χ0) is 13.8. The fourth-order valence-corrected chi connectivity index (χ4v) is 1.84. The standard InChI is InChI=1S/C15H13FO3/c1-18-13-5-11(6-14(8-13)19-2)15-7-12(16)4-3-10(15)9-17/h3-9H,1-2H3. The Balaban J connectivity index is 2.63. The molecule has 0 amide bonds. The summed E-state index contributed by atoms with van der Waals surface area (Å²) < 4.78 is 23.7. The lowest BCUT2D eigenvalue weighted by atomic mass is 9.99. The molecule has 3 nitrogen and oxygen atoms in total. The van der Waals surface area contributed by atoms with Crippen LogP contribution >= 0.6 is 0 Å². The van der Waals surface area contributed by atoms with Crippen molar-refractivity contribution in [3.05, 3.63) is 47.8 Å². The lowest BCUT2D eigenvalue weighted by Gasteiger charge is -2.10. The number of carbonyl (C=O) groups excluding carboxylic acids is 1. The van der Waals surface area contributed by atoms with Gasteiger partial charge in [-0.05, 0) is 41.5 Å². The number of methoxy groups -OCH3 is 2. The molecule has 19 heavy (non-hydrogen) atoms. The van der Waals surface area contributed by atoms with Gasteiger partial charge in [0.05, 0.1) is 14.2 Å². The highest BCUT2D eigenvalue weighted by molar-refractivity contribution is 5.88. The number of aldehydes is 1. The van der Waals surface area contributed by atoms with Crippen molar-refractivity contribution in [2.45, 2.75) is 0 Å². The molecule has 0 saturated carbocycles. The van der Waals surface area contributed by atoms with E-state index in [9.17, 15) is 9.18 Å². The van der Waals surface area contributed by atoms with Gasteiger partial charge in [0, 0.05) is 11.6 Å². The van der Waals surface area contributed by atoms with Crippen LogP contribution in [0.4, 0.5) is 4.39 Å². The molecule has 0 bridgehead atoms. The third kappa shape index (κ3) is 2.73. The van der Waals surface area contributed by atoms with Crippen LogP contribution < -0.4 is 9.47 Å². The molecule has 0 saturated heterocycles. The first-order valence-corrected chi connectivity index (χ1v) is 5.66. The Labute approximate surface area is 110 Å². The van der Waals surface area contributed by atoms with Crippen molar-refractivity contribution in [2.24, 2.45) is 0 Å². The van der Waals surface area contributed by atoms with Gasteiger partial charge in [-0.1, -0.05) is 0 Å². The van der Waals surface area contributed by atoms with Crippen LogP contribution in [0.25, 0.3) is 11.1 Å². The van der Waals surface area contributed by atoms with Gasteiger partial charge in [0.25, 0.3) is 0 Å². The number of hydrogen-bond donors (Lipinski definition) is 0. The molecular weight excluding hydrogens is 247 g/mol. The molecule has 0 heterocycles. The van der Waals surface area contributed by atoms with Gasteiger partial charge >= 0.3 is 0 Å². The van der Waals surface area contributed by atoms with E-state index < -0.39 is 5.82 Å². The molecule has 0 atom stereocenters. The summed E-state index contributed by atoms with van der Waals surface area (Å²) in [7, 11) is 3.07. The molecule has 4 heteroatoms. The number of rotatable bonds is 4. The second-order valence-electron chi connectivity index (χ2n) is 3.95. The number of halogens is 1. The van der Waals surface area contributed by atoms with Crippen molar-refractivity contribution in [2.75, 3.05) is 14.2 Å². The van der Waals surface area contributed by atoms with E-state index in [4.69, 9.17) is 9.47 Å². The quantitative estimate of drug-likeness (QED) is 0.791. The number of benzene rings is 2. The fourth-order valence-electron chi connectivity index (χ4n) is 1.84. The molecule has 0 fully saturated rings. The second-order valence-corrected chi connectivity index (χ2v) is 3.95. The van der Waals surface area contributed by atoms with Gasteiger partial charge in [-0.3, -0.25) is 4.79 Å². The van der Waals surface area contributed by atoms with Crippen molar-refractivity contribution >= 4 is 6.29 Å². The smallest absolute Gasteiger partial charge is 0.150 e. The van der Waals surface area contributed by atoms with E-state index in [-0.39, 0.29) is 0 Å². The van der Waals surface area contributed by atoms with Crippen LogP contribution in [0, 0.1) is 5.82 Å².